The number of aliphatic hydroxyl groups excluding tert-OH is 1. The van der Waals surface area contributed by atoms with Crippen molar-refractivity contribution in [1.82, 2.24) is 4.90 Å². The Labute approximate surface area is 90.2 Å². The lowest BCUT2D eigenvalue weighted by molar-refractivity contribution is -0.130. The largest absolute Gasteiger partial charge is 0.402 e. The van der Waals surface area contributed by atoms with Gasteiger partial charge in [0.2, 0.25) is 0 Å². The molecule has 0 aromatic carbocycles. The summed E-state index contributed by atoms with van der Waals surface area (Å²) in [6, 6.07) is 0. The zero-order valence-corrected chi connectivity index (χ0v) is 9.77. The van der Waals surface area contributed by atoms with Gasteiger partial charge in [0.1, 0.15) is 4.83 Å². The fourth-order valence-electron chi connectivity index (χ4n) is 0.876. The molecule has 2 nitrogen and oxygen atoms in total. The minimum absolute atomic E-state index is 0.101. The highest BCUT2D eigenvalue weighted by Gasteiger charge is 2.37. The Morgan fingerprint density at radius 3 is 2.29 bits per heavy atom. The molecular formula is C8H15BrF3NO. The molecule has 0 fully saturated rings. The number of nitrogens with zero attached hydrogens (tertiary/aromatic N) is 1. The van der Waals surface area contributed by atoms with Crippen LogP contribution in [0, 0.1) is 0 Å². The van der Waals surface area contributed by atoms with E-state index < -0.39 is 17.1 Å². The molecule has 0 spiro atoms. The smallest absolute Gasteiger partial charge is 0.393 e. The fourth-order valence-corrected chi connectivity index (χ4v) is 1.37. The van der Waals surface area contributed by atoms with Gasteiger partial charge < -0.3 is 10.0 Å². The third-order valence-corrected chi connectivity index (χ3v) is 2.56. The maximum Gasteiger partial charge on any atom is 0.402 e. The van der Waals surface area contributed by atoms with Gasteiger partial charge in [0.25, 0.3) is 0 Å². The number of alkyl halides is 4. The van der Waals surface area contributed by atoms with Gasteiger partial charge in [0.05, 0.1) is 6.10 Å². The van der Waals surface area contributed by atoms with Gasteiger partial charge in [-0.1, -0.05) is 15.9 Å². The maximum atomic E-state index is 12.1. The van der Waals surface area contributed by atoms with Gasteiger partial charge in [-0.25, -0.2) is 0 Å². The Kier molecular flexibility index (Phi) is 6.00. The van der Waals surface area contributed by atoms with Crippen LogP contribution in [0.15, 0.2) is 0 Å². The first-order valence-corrected chi connectivity index (χ1v) is 5.22. The molecule has 0 heterocycles. The van der Waals surface area contributed by atoms with Crippen molar-refractivity contribution in [3.05, 3.63) is 0 Å². The number of rotatable bonds is 5. The van der Waals surface area contributed by atoms with E-state index >= 15 is 0 Å². The molecule has 0 aliphatic carbocycles. The summed E-state index contributed by atoms with van der Waals surface area (Å²) >= 11 is 2.58. The van der Waals surface area contributed by atoms with Crippen molar-refractivity contribution in [2.24, 2.45) is 0 Å². The summed E-state index contributed by atoms with van der Waals surface area (Å²) in [4.78, 5) is 0.0357. The topological polar surface area (TPSA) is 23.5 Å². The molecule has 0 amide bonds. The second-order valence-electron chi connectivity index (χ2n) is 3.41. The van der Waals surface area contributed by atoms with Crippen LogP contribution in [-0.4, -0.2) is 47.3 Å². The summed E-state index contributed by atoms with van der Waals surface area (Å²) in [5.74, 6) is 0. The Hall–Kier alpha value is 0.190. The van der Waals surface area contributed by atoms with Crippen molar-refractivity contribution < 1.29 is 18.3 Å². The first-order valence-electron chi connectivity index (χ1n) is 4.31. The molecule has 0 saturated heterocycles. The second-order valence-corrected chi connectivity index (χ2v) is 4.51. The Morgan fingerprint density at radius 2 is 1.93 bits per heavy atom. The Bertz CT molecular complexity index is 163. The van der Waals surface area contributed by atoms with Crippen LogP contribution in [0.2, 0.25) is 0 Å². The summed E-state index contributed by atoms with van der Waals surface area (Å²) in [7, 11) is 1.60. The van der Waals surface area contributed by atoms with Gasteiger partial charge in [0, 0.05) is 13.1 Å². The molecule has 0 saturated carbocycles. The summed E-state index contributed by atoms with van der Waals surface area (Å²) in [5, 5.41) is 8.93. The lowest BCUT2D eigenvalue weighted by Gasteiger charge is -2.22. The number of hydrogen-bond donors (Lipinski definition) is 1. The summed E-state index contributed by atoms with van der Waals surface area (Å²) < 4.78 is 36.3. The van der Waals surface area contributed by atoms with Crippen LogP contribution in [0.25, 0.3) is 0 Å². The van der Waals surface area contributed by atoms with Crippen molar-refractivity contribution in [2.45, 2.75) is 30.5 Å². The Morgan fingerprint density at radius 1 is 1.43 bits per heavy atom. The molecule has 0 bridgehead atoms. The SMILES string of the molecule is CC(O)CCN(C)CC(Br)C(F)(F)F. The lowest BCUT2D eigenvalue weighted by atomic mass is 10.2. The number of aliphatic hydroxyl groups is 1. The highest BCUT2D eigenvalue weighted by atomic mass is 79.9. The van der Waals surface area contributed by atoms with Crippen LogP contribution in [0.1, 0.15) is 13.3 Å². The van der Waals surface area contributed by atoms with E-state index in [1.165, 1.54) is 0 Å². The quantitative estimate of drug-likeness (QED) is 0.778. The lowest BCUT2D eigenvalue weighted by Crippen LogP contribution is -2.36. The van der Waals surface area contributed by atoms with E-state index in [-0.39, 0.29) is 6.54 Å². The molecule has 0 aliphatic rings. The first kappa shape index (κ1) is 14.2. The van der Waals surface area contributed by atoms with Crippen molar-refractivity contribution in [3.63, 3.8) is 0 Å². The molecule has 2 atom stereocenters. The number of halogens is 4. The van der Waals surface area contributed by atoms with Crippen LogP contribution in [-0.2, 0) is 0 Å². The molecule has 1 N–H and O–H groups in total. The van der Waals surface area contributed by atoms with E-state index in [1.807, 2.05) is 0 Å². The molecular weight excluding hydrogens is 263 g/mol. The maximum absolute atomic E-state index is 12.1. The van der Waals surface area contributed by atoms with E-state index in [2.05, 4.69) is 15.9 Å². The van der Waals surface area contributed by atoms with E-state index in [0.717, 1.165) is 0 Å². The van der Waals surface area contributed by atoms with Gasteiger partial charge >= 0.3 is 6.18 Å². The first-order chi connectivity index (χ1) is 6.23. The molecule has 0 aromatic heterocycles. The van der Waals surface area contributed by atoms with Crippen LogP contribution < -0.4 is 0 Å². The van der Waals surface area contributed by atoms with Gasteiger partial charge in [-0.3, -0.25) is 0 Å². The minimum Gasteiger partial charge on any atom is -0.393 e. The van der Waals surface area contributed by atoms with E-state index in [4.69, 9.17) is 5.11 Å². The van der Waals surface area contributed by atoms with Crippen molar-refractivity contribution in [1.29, 1.82) is 0 Å². The third-order valence-electron chi connectivity index (χ3n) is 1.76. The average Bonchev–Trinajstić information content (AvgIpc) is 1.99. The number of hydrogen-bond acceptors (Lipinski definition) is 2. The zero-order chi connectivity index (χ0) is 11.4. The monoisotopic (exact) mass is 277 g/mol. The molecule has 0 aromatic rings. The molecule has 0 aliphatic heterocycles. The van der Waals surface area contributed by atoms with Crippen LogP contribution in [0.4, 0.5) is 13.2 Å². The minimum atomic E-state index is -4.21. The summed E-state index contributed by atoms with van der Waals surface area (Å²) in [5.41, 5.74) is 0. The molecule has 6 heteroatoms. The zero-order valence-electron chi connectivity index (χ0n) is 8.18. The van der Waals surface area contributed by atoms with E-state index in [1.54, 1.807) is 18.9 Å². The van der Waals surface area contributed by atoms with Crippen LogP contribution in [0.3, 0.4) is 0 Å². The van der Waals surface area contributed by atoms with E-state index in [9.17, 15) is 13.2 Å². The van der Waals surface area contributed by atoms with Crippen molar-refractivity contribution >= 4 is 15.9 Å². The van der Waals surface area contributed by atoms with E-state index in [0.29, 0.717) is 13.0 Å². The second kappa shape index (κ2) is 5.92. The highest BCUT2D eigenvalue weighted by molar-refractivity contribution is 9.09. The predicted molar refractivity (Wildman–Crippen MR) is 52.6 cm³/mol. The predicted octanol–water partition coefficient (Wildman–Crippen LogP) is 2.01. The summed E-state index contributed by atoms with van der Waals surface area (Å²) in [6.45, 7) is 1.97. The van der Waals surface area contributed by atoms with Gasteiger partial charge in [0.15, 0.2) is 0 Å². The van der Waals surface area contributed by atoms with Crippen molar-refractivity contribution in [3.8, 4) is 0 Å². The third kappa shape index (κ3) is 6.62. The fraction of sp³-hybridized carbons (Fsp3) is 1.00. The normalized spacial score (nSPS) is 17.1. The van der Waals surface area contributed by atoms with Gasteiger partial charge in [-0.05, 0) is 20.4 Å². The standard InChI is InChI=1S/C8H15BrF3NO/c1-6(14)3-4-13(2)5-7(9)8(10,11)12/h6-7,14H,3-5H2,1-2H3. The van der Waals surface area contributed by atoms with Gasteiger partial charge in [-0.2, -0.15) is 13.2 Å². The van der Waals surface area contributed by atoms with Crippen LogP contribution >= 0.6 is 15.9 Å². The molecule has 2 unspecified atom stereocenters. The average molecular weight is 278 g/mol. The highest BCUT2D eigenvalue weighted by Crippen LogP contribution is 2.26. The molecule has 14 heavy (non-hydrogen) atoms. The van der Waals surface area contributed by atoms with Crippen LogP contribution in [0.5, 0.6) is 0 Å². The molecule has 0 radical (unpaired) electrons. The molecule has 86 valence electrons. The van der Waals surface area contributed by atoms with Crippen molar-refractivity contribution in [2.75, 3.05) is 20.1 Å². The Balaban J connectivity index is 3.77. The van der Waals surface area contributed by atoms with Gasteiger partial charge in [-0.15, -0.1) is 0 Å². The molecule has 0 rings (SSSR count). The summed E-state index contributed by atoms with van der Waals surface area (Å²) in [6.07, 6.45) is -4.20.